The predicted octanol–water partition coefficient (Wildman–Crippen LogP) is 0.304. The van der Waals surface area contributed by atoms with Crippen LogP contribution in [0, 0.1) is 5.92 Å². The Labute approximate surface area is 89.0 Å². The molecule has 2 rings (SSSR count). The van der Waals surface area contributed by atoms with Crippen LogP contribution >= 0.6 is 0 Å². The van der Waals surface area contributed by atoms with Gasteiger partial charge in [-0.25, -0.2) is 4.79 Å². The molecule has 2 amide bonds. The maximum Gasteiger partial charge on any atom is 0.410 e. The molecule has 0 aromatic carbocycles. The summed E-state index contributed by atoms with van der Waals surface area (Å²) in [5.41, 5.74) is -0.944. The van der Waals surface area contributed by atoms with Crippen LogP contribution in [0.3, 0.4) is 0 Å². The molecule has 0 aromatic heterocycles. The zero-order valence-electron chi connectivity index (χ0n) is 9.48. The Hall–Kier alpha value is -1.26. The van der Waals surface area contributed by atoms with E-state index in [0.717, 1.165) is 0 Å². The molecule has 2 heterocycles. The molecule has 2 fully saturated rings. The van der Waals surface area contributed by atoms with E-state index in [0.29, 0.717) is 6.54 Å². The number of hydrogen-bond acceptors (Lipinski definition) is 3. The third-order valence-corrected chi connectivity index (χ3v) is 3.81. The molecule has 2 saturated heterocycles. The van der Waals surface area contributed by atoms with Crippen molar-refractivity contribution in [1.82, 2.24) is 9.80 Å². The summed E-state index contributed by atoms with van der Waals surface area (Å²) in [4.78, 5) is 26.6. The second kappa shape index (κ2) is 2.87. The van der Waals surface area contributed by atoms with Gasteiger partial charge in [0.15, 0.2) is 0 Å². The molecule has 0 saturated carbocycles. The summed E-state index contributed by atoms with van der Waals surface area (Å²) < 4.78 is 5.28. The molecule has 3 unspecified atom stereocenters. The van der Waals surface area contributed by atoms with Crippen molar-refractivity contribution in [3.05, 3.63) is 0 Å². The molecular formula is C10H16N2O3. The van der Waals surface area contributed by atoms with E-state index in [1.54, 1.807) is 19.0 Å². The summed E-state index contributed by atoms with van der Waals surface area (Å²) in [6, 6.07) is 0.108. The normalized spacial score (nSPS) is 40.5. The van der Waals surface area contributed by atoms with Gasteiger partial charge in [-0.15, -0.1) is 0 Å². The van der Waals surface area contributed by atoms with E-state index in [9.17, 15) is 9.59 Å². The van der Waals surface area contributed by atoms with Crippen LogP contribution in [0.4, 0.5) is 4.79 Å². The van der Waals surface area contributed by atoms with Crippen molar-refractivity contribution in [2.24, 2.45) is 5.92 Å². The van der Waals surface area contributed by atoms with Crippen molar-refractivity contribution in [1.29, 1.82) is 0 Å². The van der Waals surface area contributed by atoms with E-state index in [4.69, 9.17) is 4.74 Å². The van der Waals surface area contributed by atoms with Gasteiger partial charge in [0, 0.05) is 26.1 Å². The Morgan fingerprint density at radius 3 is 2.27 bits per heavy atom. The number of rotatable bonds is 0. The van der Waals surface area contributed by atoms with E-state index >= 15 is 0 Å². The molecule has 84 valence electrons. The van der Waals surface area contributed by atoms with E-state index < -0.39 is 11.7 Å². The van der Waals surface area contributed by atoms with E-state index in [-0.39, 0.29) is 17.9 Å². The maximum absolute atomic E-state index is 12.1. The van der Waals surface area contributed by atoms with Crippen LogP contribution in [0.2, 0.25) is 0 Å². The fraction of sp³-hybridized carbons (Fsp3) is 0.800. The Morgan fingerprint density at radius 2 is 1.93 bits per heavy atom. The Kier molecular flexibility index (Phi) is 1.96. The van der Waals surface area contributed by atoms with Gasteiger partial charge in [-0.05, 0) is 6.92 Å². The fourth-order valence-corrected chi connectivity index (χ4v) is 2.43. The minimum Gasteiger partial charge on any atom is -0.430 e. The second-order valence-electron chi connectivity index (χ2n) is 4.56. The van der Waals surface area contributed by atoms with E-state index in [1.807, 2.05) is 13.8 Å². The molecule has 3 atom stereocenters. The lowest BCUT2D eigenvalue weighted by Gasteiger charge is -2.23. The fourth-order valence-electron chi connectivity index (χ4n) is 2.43. The quantitative estimate of drug-likeness (QED) is 0.580. The van der Waals surface area contributed by atoms with Crippen molar-refractivity contribution in [3.63, 3.8) is 0 Å². The summed E-state index contributed by atoms with van der Waals surface area (Å²) in [6.07, 6.45) is -0.405. The van der Waals surface area contributed by atoms with Crippen LogP contribution in [-0.4, -0.2) is 54.1 Å². The van der Waals surface area contributed by atoms with Crippen LogP contribution in [0.25, 0.3) is 0 Å². The van der Waals surface area contributed by atoms with Gasteiger partial charge in [0.2, 0.25) is 5.60 Å². The third kappa shape index (κ3) is 1.09. The first-order valence-corrected chi connectivity index (χ1v) is 5.11. The zero-order chi connectivity index (χ0) is 11.4. The van der Waals surface area contributed by atoms with Gasteiger partial charge in [-0.1, -0.05) is 6.92 Å². The van der Waals surface area contributed by atoms with Crippen LogP contribution in [0.15, 0.2) is 0 Å². The van der Waals surface area contributed by atoms with Gasteiger partial charge < -0.3 is 14.5 Å². The summed E-state index contributed by atoms with van der Waals surface area (Å²) in [5.74, 6) is -0.0518. The smallest absolute Gasteiger partial charge is 0.410 e. The van der Waals surface area contributed by atoms with E-state index in [2.05, 4.69) is 0 Å². The Morgan fingerprint density at radius 1 is 1.33 bits per heavy atom. The van der Waals surface area contributed by atoms with Crippen molar-refractivity contribution in [2.45, 2.75) is 25.5 Å². The number of likely N-dealkylation sites (tertiary alicyclic amines) is 1. The number of carbonyl (C=O) groups is 2. The highest BCUT2D eigenvalue weighted by atomic mass is 16.6. The predicted molar refractivity (Wildman–Crippen MR) is 53.2 cm³/mol. The largest absolute Gasteiger partial charge is 0.430 e. The molecule has 1 spiro atoms. The highest BCUT2D eigenvalue weighted by molar-refractivity contribution is 5.93. The Bertz CT molecular complexity index is 331. The number of nitrogens with zero attached hydrogens (tertiary/aromatic N) is 2. The molecule has 2 aliphatic heterocycles. The van der Waals surface area contributed by atoms with Gasteiger partial charge in [-0.2, -0.15) is 0 Å². The second-order valence-corrected chi connectivity index (χ2v) is 4.56. The molecule has 5 nitrogen and oxygen atoms in total. The monoisotopic (exact) mass is 212 g/mol. The molecule has 2 aliphatic rings. The van der Waals surface area contributed by atoms with Crippen LogP contribution in [0.5, 0.6) is 0 Å². The third-order valence-electron chi connectivity index (χ3n) is 3.81. The molecule has 0 aromatic rings. The summed E-state index contributed by atoms with van der Waals surface area (Å²) in [7, 11) is 3.41. The SMILES string of the molecule is CC1C(C)C2(CN(C)C(=O)O2)C(=O)N1C. The maximum atomic E-state index is 12.1. The van der Waals surface area contributed by atoms with Crippen molar-refractivity contribution >= 4 is 12.0 Å². The number of likely N-dealkylation sites (N-methyl/N-ethyl adjacent to an activating group) is 2. The standard InChI is InChI=1S/C10H16N2O3/c1-6-7(2)12(4)8(13)10(6)5-11(3)9(14)15-10/h6-7H,5H2,1-4H3. The lowest BCUT2D eigenvalue weighted by atomic mass is 9.88. The molecule has 0 N–H and O–H groups in total. The first-order valence-electron chi connectivity index (χ1n) is 5.11. The van der Waals surface area contributed by atoms with Gasteiger partial charge in [0.25, 0.3) is 5.91 Å². The highest BCUT2D eigenvalue weighted by Crippen LogP contribution is 2.40. The number of carbonyl (C=O) groups excluding carboxylic acids is 2. The van der Waals surface area contributed by atoms with Gasteiger partial charge in [0.1, 0.15) is 0 Å². The topological polar surface area (TPSA) is 49.9 Å². The van der Waals surface area contributed by atoms with Gasteiger partial charge >= 0.3 is 6.09 Å². The molecule has 5 heteroatoms. The first kappa shape index (κ1) is 10.3. The number of amides is 2. The van der Waals surface area contributed by atoms with Gasteiger partial charge in [-0.3, -0.25) is 4.79 Å². The average Bonchev–Trinajstić information content (AvgIpc) is 2.57. The molecule has 15 heavy (non-hydrogen) atoms. The van der Waals surface area contributed by atoms with Crippen LogP contribution in [-0.2, 0) is 9.53 Å². The lowest BCUT2D eigenvalue weighted by Crippen LogP contribution is -2.45. The molecule has 0 bridgehead atoms. The van der Waals surface area contributed by atoms with Crippen molar-refractivity contribution < 1.29 is 14.3 Å². The summed E-state index contributed by atoms with van der Waals surface area (Å²) >= 11 is 0. The van der Waals surface area contributed by atoms with Crippen molar-refractivity contribution in [3.8, 4) is 0 Å². The summed E-state index contributed by atoms with van der Waals surface area (Å²) in [5, 5.41) is 0. The highest BCUT2D eigenvalue weighted by Gasteiger charge is 2.61. The van der Waals surface area contributed by atoms with Crippen molar-refractivity contribution in [2.75, 3.05) is 20.6 Å². The zero-order valence-corrected chi connectivity index (χ0v) is 9.48. The minimum atomic E-state index is -0.944. The Balaban J connectivity index is 2.37. The van der Waals surface area contributed by atoms with E-state index in [1.165, 1.54) is 4.90 Å². The summed E-state index contributed by atoms with van der Waals surface area (Å²) in [6.45, 7) is 4.29. The number of ether oxygens (including phenoxy) is 1. The molecule has 0 aliphatic carbocycles. The minimum absolute atomic E-state index is 0.0314. The average molecular weight is 212 g/mol. The lowest BCUT2D eigenvalue weighted by molar-refractivity contribution is -0.141. The van der Waals surface area contributed by atoms with Crippen LogP contribution in [0.1, 0.15) is 13.8 Å². The van der Waals surface area contributed by atoms with Gasteiger partial charge in [0.05, 0.1) is 6.54 Å². The number of hydrogen-bond donors (Lipinski definition) is 0. The first-order chi connectivity index (χ1) is 6.90. The molecule has 0 radical (unpaired) electrons. The van der Waals surface area contributed by atoms with Crippen LogP contribution < -0.4 is 0 Å². The molecular weight excluding hydrogens is 196 g/mol.